The molecule has 0 aliphatic heterocycles. The van der Waals surface area contributed by atoms with Gasteiger partial charge in [-0.05, 0) is 36.4 Å². The SMILES string of the molecule is N#C/C(=N\Nc1ccccc1)C(=O)c1ccc(Cl)cc1. The van der Waals surface area contributed by atoms with Crippen molar-refractivity contribution in [2.45, 2.75) is 0 Å². The normalized spacial score (nSPS) is 10.7. The van der Waals surface area contributed by atoms with Crippen LogP contribution in [0.5, 0.6) is 0 Å². The zero-order valence-electron chi connectivity index (χ0n) is 10.4. The first-order valence-corrected chi connectivity index (χ1v) is 6.17. The number of hydrazone groups is 1. The van der Waals surface area contributed by atoms with Crippen molar-refractivity contribution in [1.29, 1.82) is 5.26 Å². The number of hydrogen-bond acceptors (Lipinski definition) is 4. The van der Waals surface area contributed by atoms with Crippen molar-refractivity contribution in [3.05, 3.63) is 65.2 Å². The van der Waals surface area contributed by atoms with E-state index in [1.807, 2.05) is 18.2 Å². The van der Waals surface area contributed by atoms with Gasteiger partial charge < -0.3 is 0 Å². The summed E-state index contributed by atoms with van der Waals surface area (Å²) in [6.45, 7) is 0. The molecule has 0 saturated carbocycles. The average Bonchev–Trinajstić information content (AvgIpc) is 2.49. The van der Waals surface area contributed by atoms with Crippen molar-refractivity contribution < 1.29 is 4.79 Å². The van der Waals surface area contributed by atoms with Gasteiger partial charge in [-0.25, -0.2) is 0 Å². The third-order valence-corrected chi connectivity index (χ3v) is 2.75. The van der Waals surface area contributed by atoms with Gasteiger partial charge in [0.1, 0.15) is 6.07 Å². The highest BCUT2D eigenvalue weighted by Crippen LogP contribution is 2.11. The summed E-state index contributed by atoms with van der Waals surface area (Å²) in [4.78, 5) is 12.1. The first-order valence-electron chi connectivity index (χ1n) is 5.80. The number of nitriles is 1. The highest BCUT2D eigenvalue weighted by atomic mass is 35.5. The quantitative estimate of drug-likeness (QED) is 0.530. The number of nitrogens with zero attached hydrogens (tertiary/aromatic N) is 2. The van der Waals surface area contributed by atoms with Crippen molar-refractivity contribution in [2.24, 2.45) is 5.10 Å². The zero-order valence-corrected chi connectivity index (χ0v) is 11.1. The molecule has 5 heteroatoms. The lowest BCUT2D eigenvalue weighted by molar-refractivity contribution is 0.106. The van der Waals surface area contributed by atoms with Gasteiger partial charge >= 0.3 is 0 Å². The van der Waals surface area contributed by atoms with Crippen LogP contribution in [0.1, 0.15) is 10.4 Å². The van der Waals surface area contributed by atoms with E-state index < -0.39 is 5.78 Å². The van der Waals surface area contributed by atoms with Gasteiger partial charge in [0.15, 0.2) is 0 Å². The van der Waals surface area contributed by atoms with Gasteiger partial charge in [0.2, 0.25) is 11.5 Å². The first-order chi connectivity index (χ1) is 9.70. The molecule has 0 aromatic heterocycles. The van der Waals surface area contributed by atoms with Crippen molar-refractivity contribution in [1.82, 2.24) is 0 Å². The van der Waals surface area contributed by atoms with E-state index in [1.165, 1.54) is 0 Å². The Morgan fingerprint density at radius 3 is 2.35 bits per heavy atom. The van der Waals surface area contributed by atoms with Gasteiger partial charge in [-0.2, -0.15) is 10.4 Å². The summed E-state index contributed by atoms with van der Waals surface area (Å²) in [6.07, 6.45) is 0. The lowest BCUT2D eigenvalue weighted by Crippen LogP contribution is -2.14. The van der Waals surface area contributed by atoms with E-state index in [1.54, 1.807) is 42.5 Å². The molecule has 1 N–H and O–H groups in total. The van der Waals surface area contributed by atoms with E-state index >= 15 is 0 Å². The van der Waals surface area contributed by atoms with Crippen LogP contribution in [0.25, 0.3) is 0 Å². The molecule has 0 radical (unpaired) electrons. The number of nitrogens with one attached hydrogen (secondary N) is 1. The predicted octanol–water partition coefficient (Wildman–Crippen LogP) is 3.51. The Hall–Kier alpha value is -2.64. The number of hydrogen-bond donors (Lipinski definition) is 1. The maximum absolute atomic E-state index is 12.1. The van der Waals surface area contributed by atoms with E-state index in [0.29, 0.717) is 16.3 Å². The summed E-state index contributed by atoms with van der Waals surface area (Å²) in [7, 11) is 0. The molecule has 0 bridgehead atoms. The molecular formula is C15H10ClN3O. The molecule has 0 atom stereocenters. The Kier molecular flexibility index (Phi) is 4.48. The number of para-hydroxylation sites is 1. The summed E-state index contributed by atoms with van der Waals surface area (Å²) in [5.74, 6) is -0.451. The molecule has 0 fully saturated rings. The fraction of sp³-hybridized carbons (Fsp3) is 0. The molecule has 20 heavy (non-hydrogen) atoms. The van der Waals surface area contributed by atoms with Crippen molar-refractivity contribution in [3.8, 4) is 6.07 Å². The maximum atomic E-state index is 12.1. The summed E-state index contributed by atoms with van der Waals surface area (Å²) in [5, 5.41) is 13.4. The van der Waals surface area contributed by atoms with Crippen LogP contribution in [0, 0.1) is 11.3 Å². The highest BCUT2D eigenvalue weighted by molar-refractivity contribution is 6.51. The van der Waals surface area contributed by atoms with Crippen LogP contribution in [0.2, 0.25) is 5.02 Å². The molecule has 0 spiro atoms. The highest BCUT2D eigenvalue weighted by Gasteiger charge is 2.13. The van der Waals surface area contributed by atoms with Crippen LogP contribution in [-0.4, -0.2) is 11.5 Å². The van der Waals surface area contributed by atoms with Gasteiger partial charge in [-0.3, -0.25) is 10.2 Å². The number of halogens is 1. The molecule has 4 nitrogen and oxygen atoms in total. The minimum absolute atomic E-state index is 0.212. The molecular weight excluding hydrogens is 274 g/mol. The van der Waals surface area contributed by atoms with Gasteiger partial charge in [0, 0.05) is 10.6 Å². The summed E-state index contributed by atoms with van der Waals surface area (Å²) >= 11 is 5.75. The minimum Gasteiger partial charge on any atom is -0.286 e. The molecule has 98 valence electrons. The number of rotatable bonds is 4. The number of benzene rings is 2. The Labute approximate surface area is 121 Å². The number of anilines is 1. The lowest BCUT2D eigenvalue weighted by Gasteiger charge is -2.01. The molecule has 0 amide bonds. The van der Waals surface area contributed by atoms with E-state index in [0.717, 1.165) is 0 Å². The van der Waals surface area contributed by atoms with Crippen molar-refractivity contribution >= 4 is 28.8 Å². The molecule has 2 aromatic rings. The van der Waals surface area contributed by atoms with E-state index in [-0.39, 0.29) is 5.71 Å². The van der Waals surface area contributed by atoms with Crippen LogP contribution in [0.3, 0.4) is 0 Å². The van der Waals surface area contributed by atoms with Crippen molar-refractivity contribution in [3.63, 3.8) is 0 Å². The second kappa shape index (κ2) is 6.50. The maximum Gasteiger partial charge on any atom is 0.223 e. The van der Waals surface area contributed by atoms with Gasteiger partial charge in [-0.15, -0.1) is 0 Å². The van der Waals surface area contributed by atoms with Gasteiger partial charge in [-0.1, -0.05) is 29.8 Å². The molecule has 0 unspecified atom stereocenters. The fourth-order valence-corrected chi connectivity index (χ4v) is 1.62. The van der Waals surface area contributed by atoms with Gasteiger partial charge in [0.25, 0.3) is 0 Å². The third kappa shape index (κ3) is 3.44. The molecule has 0 aliphatic carbocycles. The second-order valence-corrected chi connectivity index (χ2v) is 4.32. The number of ketones is 1. The molecule has 0 heterocycles. The molecule has 0 aliphatic rings. The Morgan fingerprint density at radius 2 is 1.75 bits per heavy atom. The smallest absolute Gasteiger partial charge is 0.223 e. The summed E-state index contributed by atoms with van der Waals surface area (Å²) in [6, 6.07) is 17.2. The average molecular weight is 284 g/mol. The predicted molar refractivity (Wildman–Crippen MR) is 78.9 cm³/mol. The monoisotopic (exact) mass is 283 g/mol. The molecule has 2 aromatic carbocycles. The molecule has 0 saturated heterocycles. The van der Waals surface area contributed by atoms with Crippen LogP contribution in [0.4, 0.5) is 5.69 Å². The Morgan fingerprint density at radius 1 is 1.10 bits per heavy atom. The van der Waals surface area contributed by atoms with Crippen LogP contribution >= 0.6 is 11.6 Å². The topological polar surface area (TPSA) is 65.2 Å². The van der Waals surface area contributed by atoms with E-state index in [2.05, 4.69) is 10.5 Å². The molecule has 2 rings (SSSR count). The fourth-order valence-electron chi connectivity index (χ4n) is 1.50. The zero-order chi connectivity index (χ0) is 14.4. The number of carbonyl (C=O) groups is 1. The van der Waals surface area contributed by atoms with Crippen molar-refractivity contribution in [2.75, 3.05) is 5.43 Å². The van der Waals surface area contributed by atoms with E-state index in [4.69, 9.17) is 16.9 Å². The summed E-state index contributed by atoms with van der Waals surface area (Å²) in [5.41, 5.74) is 3.53. The second-order valence-electron chi connectivity index (χ2n) is 3.89. The van der Waals surface area contributed by atoms with Crippen LogP contribution in [-0.2, 0) is 0 Å². The number of carbonyl (C=O) groups excluding carboxylic acids is 1. The number of Topliss-reactive ketones (excluding diaryl/α,β-unsaturated/α-hetero) is 1. The Balaban J connectivity index is 2.18. The van der Waals surface area contributed by atoms with Crippen LogP contribution in [0.15, 0.2) is 59.7 Å². The van der Waals surface area contributed by atoms with E-state index in [9.17, 15) is 4.79 Å². The minimum atomic E-state index is -0.451. The summed E-state index contributed by atoms with van der Waals surface area (Å²) < 4.78 is 0. The van der Waals surface area contributed by atoms with Gasteiger partial charge in [0.05, 0.1) is 5.69 Å². The third-order valence-electron chi connectivity index (χ3n) is 2.50. The standard InChI is InChI=1S/C15H10ClN3O/c16-12-8-6-11(7-9-12)15(20)14(10-17)19-18-13-4-2-1-3-5-13/h1-9,18H/b19-14+. The van der Waals surface area contributed by atoms with Crippen LogP contribution < -0.4 is 5.43 Å². The first kappa shape index (κ1) is 13.8. The Bertz CT molecular complexity index is 673. The largest absolute Gasteiger partial charge is 0.286 e. The lowest BCUT2D eigenvalue weighted by atomic mass is 10.1.